The minimum absolute atomic E-state index is 0.00600. The molecule has 1 N–H and O–H groups in total. The lowest BCUT2D eigenvalue weighted by Crippen LogP contribution is -2.24. The zero-order valence-corrected chi connectivity index (χ0v) is 19.8. The molecule has 0 bridgehead atoms. The number of imidazole rings is 1. The van der Waals surface area contributed by atoms with E-state index in [1.807, 2.05) is 0 Å². The average molecular weight is 512 g/mol. The molecule has 1 saturated carbocycles. The van der Waals surface area contributed by atoms with Gasteiger partial charge in [0.1, 0.15) is 17.2 Å². The summed E-state index contributed by atoms with van der Waals surface area (Å²) in [4.78, 5) is 38.8. The number of rotatable bonds is 6. The van der Waals surface area contributed by atoms with Crippen LogP contribution in [0.1, 0.15) is 42.6 Å². The van der Waals surface area contributed by atoms with Gasteiger partial charge in [-0.2, -0.15) is 0 Å². The third-order valence-corrected chi connectivity index (χ3v) is 6.25. The molecule has 1 amide bonds. The number of para-hydroxylation sites is 2. The summed E-state index contributed by atoms with van der Waals surface area (Å²) in [5.41, 5.74) is -0.451. The summed E-state index contributed by atoms with van der Waals surface area (Å²) < 4.78 is 37.6. The topological polar surface area (TPSA) is 82.3 Å². The van der Waals surface area contributed by atoms with E-state index < -0.39 is 34.8 Å². The predicted octanol–water partition coefficient (Wildman–Crippen LogP) is 5.63. The van der Waals surface area contributed by atoms with Crippen LogP contribution in [0, 0.1) is 11.6 Å². The summed E-state index contributed by atoms with van der Waals surface area (Å²) in [7, 11) is 0. The number of carbonyl (C=O) groups excluding carboxylic acids is 2. The summed E-state index contributed by atoms with van der Waals surface area (Å²) in [6.45, 7) is 1.58. The fourth-order valence-electron chi connectivity index (χ4n) is 4.13. The Morgan fingerprint density at radius 2 is 1.75 bits per heavy atom. The number of halogens is 3. The van der Waals surface area contributed by atoms with Crippen LogP contribution in [-0.4, -0.2) is 21.0 Å². The lowest BCUT2D eigenvalue weighted by molar-refractivity contribution is -0.133. The zero-order chi connectivity index (χ0) is 25.6. The first-order chi connectivity index (χ1) is 17.3. The fraction of sp³-hybridized carbons (Fsp3) is 0.192. The van der Waals surface area contributed by atoms with Crippen LogP contribution < -0.4 is 15.7 Å². The van der Waals surface area contributed by atoms with E-state index in [4.69, 9.17) is 16.3 Å². The molecule has 1 heterocycles. The highest BCUT2D eigenvalue weighted by atomic mass is 35.5. The molecule has 184 valence electrons. The molecular formula is C26H20ClF2N3O4. The van der Waals surface area contributed by atoms with E-state index in [1.165, 1.54) is 47.0 Å². The quantitative estimate of drug-likeness (QED) is 0.269. The number of anilines is 1. The Bertz CT molecular complexity index is 1570. The molecule has 0 radical (unpaired) electrons. The van der Waals surface area contributed by atoms with Crippen molar-refractivity contribution >= 4 is 40.2 Å². The van der Waals surface area contributed by atoms with Crippen molar-refractivity contribution < 1.29 is 23.1 Å². The first kappa shape index (κ1) is 23.7. The van der Waals surface area contributed by atoms with Crippen LogP contribution in [0.4, 0.5) is 14.5 Å². The largest absolute Gasteiger partial charge is 0.422 e. The van der Waals surface area contributed by atoms with Gasteiger partial charge < -0.3 is 10.1 Å². The lowest BCUT2D eigenvalue weighted by atomic mass is 10.1. The van der Waals surface area contributed by atoms with Crippen LogP contribution >= 0.6 is 11.6 Å². The van der Waals surface area contributed by atoms with Crippen LogP contribution in [-0.2, 0) is 4.79 Å². The van der Waals surface area contributed by atoms with E-state index in [0.717, 1.165) is 23.5 Å². The normalized spacial score (nSPS) is 13.1. The predicted molar refractivity (Wildman–Crippen MR) is 131 cm³/mol. The van der Waals surface area contributed by atoms with Crippen molar-refractivity contribution in [3.8, 4) is 11.4 Å². The highest BCUT2D eigenvalue weighted by Gasteiger charge is 2.31. The standard InChI is InChI=1S/C26H20ClF2N3O4/c1-2-21(33)36-24-18(30-25(34)22-15(27)6-3-7-16(22)28)9-5-11-20(24)32-23-17(29)8-4-10-19(23)31(26(32)35)14-12-13-14/h3-11,14H,2,12-13H2,1H3,(H,30,34). The minimum Gasteiger partial charge on any atom is -0.422 e. The molecule has 1 aliphatic carbocycles. The highest BCUT2D eigenvalue weighted by molar-refractivity contribution is 6.34. The van der Waals surface area contributed by atoms with Crippen LogP contribution in [0.2, 0.25) is 5.02 Å². The van der Waals surface area contributed by atoms with Crippen molar-refractivity contribution in [2.45, 2.75) is 32.2 Å². The van der Waals surface area contributed by atoms with E-state index in [9.17, 15) is 18.8 Å². The molecule has 10 heteroatoms. The van der Waals surface area contributed by atoms with Gasteiger partial charge in [0.25, 0.3) is 5.91 Å². The number of nitrogens with zero attached hydrogens (tertiary/aromatic N) is 2. The van der Waals surface area contributed by atoms with Crippen molar-refractivity contribution in [2.75, 3.05) is 5.32 Å². The number of esters is 1. The van der Waals surface area contributed by atoms with Crippen molar-refractivity contribution in [1.82, 2.24) is 9.13 Å². The summed E-state index contributed by atoms with van der Waals surface area (Å²) in [6, 6.07) is 12.6. The van der Waals surface area contributed by atoms with Crippen LogP contribution in [0.25, 0.3) is 16.7 Å². The van der Waals surface area contributed by atoms with E-state index in [0.29, 0.717) is 5.52 Å². The molecule has 1 fully saturated rings. The molecule has 1 aliphatic rings. The Balaban J connectivity index is 1.71. The van der Waals surface area contributed by atoms with Gasteiger partial charge in [0.15, 0.2) is 5.75 Å². The fourth-order valence-corrected chi connectivity index (χ4v) is 4.38. The smallest absolute Gasteiger partial charge is 0.334 e. The number of benzene rings is 3. The third-order valence-electron chi connectivity index (χ3n) is 5.94. The number of amides is 1. The number of nitrogens with one attached hydrogen (secondary N) is 1. The monoisotopic (exact) mass is 511 g/mol. The highest BCUT2D eigenvalue weighted by Crippen LogP contribution is 2.39. The molecule has 7 nitrogen and oxygen atoms in total. The van der Waals surface area contributed by atoms with Crippen molar-refractivity contribution in [1.29, 1.82) is 0 Å². The summed E-state index contributed by atoms with van der Waals surface area (Å²) in [5.74, 6) is -3.19. The van der Waals surface area contributed by atoms with Crippen molar-refractivity contribution in [3.63, 3.8) is 0 Å². The van der Waals surface area contributed by atoms with Crippen LogP contribution in [0.3, 0.4) is 0 Å². The summed E-state index contributed by atoms with van der Waals surface area (Å²) in [6.07, 6.45) is 1.56. The first-order valence-electron chi connectivity index (χ1n) is 11.3. The maximum Gasteiger partial charge on any atom is 0.334 e. The molecule has 0 aliphatic heterocycles. The Hall–Kier alpha value is -3.98. The van der Waals surface area contributed by atoms with Crippen LogP contribution in [0.15, 0.2) is 59.4 Å². The molecule has 36 heavy (non-hydrogen) atoms. The molecule has 0 spiro atoms. The number of hydrogen-bond donors (Lipinski definition) is 1. The molecule has 1 aromatic heterocycles. The number of aromatic nitrogens is 2. The minimum atomic E-state index is -0.886. The van der Waals surface area contributed by atoms with E-state index in [-0.39, 0.29) is 40.1 Å². The Kier molecular flexibility index (Phi) is 6.09. The van der Waals surface area contributed by atoms with Crippen LogP contribution in [0.5, 0.6) is 5.75 Å². The zero-order valence-electron chi connectivity index (χ0n) is 19.1. The van der Waals surface area contributed by atoms with Gasteiger partial charge in [0.05, 0.1) is 27.5 Å². The molecule has 0 unspecified atom stereocenters. The van der Waals surface area contributed by atoms with Gasteiger partial charge in [0.2, 0.25) is 0 Å². The molecule has 0 saturated heterocycles. The van der Waals surface area contributed by atoms with Gasteiger partial charge in [0, 0.05) is 12.5 Å². The second kappa shape index (κ2) is 9.23. The molecule has 4 aromatic rings. The second-order valence-corrected chi connectivity index (χ2v) is 8.77. The van der Waals surface area contributed by atoms with Crippen molar-refractivity contribution in [2.24, 2.45) is 0 Å². The van der Waals surface area contributed by atoms with Gasteiger partial charge >= 0.3 is 11.7 Å². The summed E-state index contributed by atoms with van der Waals surface area (Å²) in [5, 5.41) is 2.41. The Labute approximate surface area is 208 Å². The average Bonchev–Trinajstić information content (AvgIpc) is 3.63. The summed E-state index contributed by atoms with van der Waals surface area (Å²) >= 11 is 6.03. The number of fused-ring (bicyclic) bond motifs is 1. The SMILES string of the molecule is CCC(=O)Oc1c(NC(=O)c2c(F)cccc2Cl)cccc1-n1c(=O)n(C2CC2)c2cccc(F)c21. The maximum atomic E-state index is 15.1. The molecule has 3 aromatic carbocycles. The second-order valence-electron chi connectivity index (χ2n) is 8.36. The van der Waals surface area contributed by atoms with Crippen molar-refractivity contribution in [3.05, 3.63) is 87.3 Å². The first-order valence-corrected chi connectivity index (χ1v) is 11.7. The lowest BCUT2D eigenvalue weighted by Gasteiger charge is -2.16. The van der Waals surface area contributed by atoms with E-state index in [2.05, 4.69) is 5.32 Å². The number of hydrogen-bond acceptors (Lipinski definition) is 4. The van der Waals surface area contributed by atoms with E-state index in [1.54, 1.807) is 13.0 Å². The third kappa shape index (κ3) is 4.05. The van der Waals surface area contributed by atoms with Gasteiger partial charge in [-0.1, -0.05) is 36.7 Å². The number of ether oxygens (including phenoxy) is 1. The molecule has 5 rings (SSSR count). The molecule has 0 atom stereocenters. The van der Waals surface area contributed by atoms with Gasteiger partial charge in [-0.3, -0.25) is 18.7 Å². The van der Waals surface area contributed by atoms with Gasteiger partial charge in [-0.05, 0) is 49.2 Å². The van der Waals surface area contributed by atoms with Gasteiger partial charge in [-0.15, -0.1) is 0 Å². The Morgan fingerprint density at radius 1 is 1.06 bits per heavy atom. The Morgan fingerprint density at radius 3 is 2.44 bits per heavy atom. The maximum absolute atomic E-state index is 15.1. The van der Waals surface area contributed by atoms with E-state index >= 15 is 4.39 Å². The van der Waals surface area contributed by atoms with Gasteiger partial charge in [-0.25, -0.2) is 13.6 Å². The number of carbonyl (C=O) groups is 2. The molecular weight excluding hydrogens is 492 g/mol.